The van der Waals surface area contributed by atoms with Crippen LogP contribution in [0.3, 0.4) is 0 Å². The Balaban J connectivity index is 2.35. The Kier molecular flexibility index (Phi) is 3.99. The zero-order chi connectivity index (χ0) is 15.5. The first kappa shape index (κ1) is 14.7. The highest BCUT2D eigenvalue weighted by Crippen LogP contribution is 2.22. The van der Waals surface area contributed by atoms with E-state index in [4.69, 9.17) is 4.18 Å². The van der Waals surface area contributed by atoms with E-state index in [9.17, 15) is 23.3 Å². The molecule has 0 N–H and O–H groups in total. The minimum atomic E-state index is -4.21. The number of carbonyl (C=O) groups is 1. The minimum Gasteiger partial charge on any atom is -0.379 e. The molecule has 7 nitrogen and oxygen atoms in total. The van der Waals surface area contributed by atoms with E-state index < -0.39 is 15.0 Å². The van der Waals surface area contributed by atoms with Gasteiger partial charge in [-0.1, -0.05) is 18.2 Å². The first-order chi connectivity index (χ1) is 9.92. The van der Waals surface area contributed by atoms with Crippen molar-refractivity contribution in [2.24, 2.45) is 0 Å². The number of hydrogen-bond donors (Lipinski definition) is 0. The van der Waals surface area contributed by atoms with Gasteiger partial charge in [0.2, 0.25) is 0 Å². The molecule has 108 valence electrons. The Bertz CT molecular complexity index is 800. The highest BCUT2D eigenvalue weighted by Gasteiger charge is 2.19. The number of non-ortho nitro benzene ring substituents is 1. The van der Waals surface area contributed by atoms with E-state index in [0.29, 0.717) is 6.29 Å². The molecule has 0 aliphatic carbocycles. The van der Waals surface area contributed by atoms with Crippen molar-refractivity contribution >= 4 is 22.1 Å². The summed E-state index contributed by atoms with van der Waals surface area (Å²) < 4.78 is 28.9. The molecule has 0 bridgehead atoms. The predicted molar refractivity (Wildman–Crippen MR) is 72.7 cm³/mol. The molecule has 0 amide bonds. The smallest absolute Gasteiger partial charge is 0.339 e. The van der Waals surface area contributed by atoms with Crippen molar-refractivity contribution in [3.8, 4) is 5.75 Å². The van der Waals surface area contributed by atoms with E-state index in [1.54, 1.807) is 0 Å². The summed E-state index contributed by atoms with van der Waals surface area (Å²) in [5, 5.41) is 10.7. The summed E-state index contributed by atoms with van der Waals surface area (Å²) >= 11 is 0. The van der Waals surface area contributed by atoms with Crippen LogP contribution in [0.2, 0.25) is 0 Å². The molecule has 2 aromatic carbocycles. The second kappa shape index (κ2) is 5.71. The van der Waals surface area contributed by atoms with Gasteiger partial charge in [-0.05, 0) is 18.2 Å². The van der Waals surface area contributed by atoms with Gasteiger partial charge in [-0.3, -0.25) is 14.9 Å². The third-order valence-corrected chi connectivity index (χ3v) is 3.76. The highest BCUT2D eigenvalue weighted by molar-refractivity contribution is 7.87. The van der Waals surface area contributed by atoms with Gasteiger partial charge >= 0.3 is 10.1 Å². The van der Waals surface area contributed by atoms with Crippen molar-refractivity contribution in [3.63, 3.8) is 0 Å². The van der Waals surface area contributed by atoms with Gasteiger partial charge < -0.3 is 4.18 Å². The first-order valence-corrected chi connectivity index (χ1v) is 7.07. The molecule has 0 atom stereocenters. The van der Waals surface area contributed by atoms with Crippen molar-refractivity contribution in [1.82, 2.24) is 0 Å². The largest absolute Gasteiger partial charge is 0.379 e. The molecule has 0 heterocycles. The molecule has 2 aromatic rings. The van der Waals surface area contributed by atoms with Gasteiger partial charge in [-0.2, -0.15) is 8.42 Å². The van der Waals surface area contributed by atoms with Gasteiger partial charge in [0, 0.05) is 17.7 Å². The predicted octanol–water partition coefficient (Wildman–Crippen LogP) is 2.17. The monoisotopic (exact) mass is 307 g/mol. The number of rotatable bonds is 5. The van der Waals surface area contributed by atoms with Gasteiger partial charge in [-0.15, -0.1) is 0 Å². The van der Waals surface area contributed by atoms with Crippen LogP contribution < -0.4 is 4.18 Å². The molecule has 0 unspecified atom stereocenters. The number of nitro groups is 1. The average Bonchev–Trinajstić information content (AvgIpc) is 2.47. The fourth-order valence-corrected chi connectivity index (χ4v) is 2.53. The molecule has 8 heteroatoms. The maximum absolute atomic E-state index is 12.0. The lowest BCUT2D eigenvalue weighted by atomic mass is 10.2. The SMILES string of the molecule is O=Cc1cccc(OS(=O)(=O)c2cccc([N+](=O)[O-])c2)c1. The van der Waals surface area contributed by atoms with E-state index in [1.807, 2.05) is 0 Å². The standard InChI is InChI=1S/C13H9NO6S/c15-9-10-3-1-5-12(7-10)20-21(18,19)13-6-2-4-11(8-13)14(16)17/h1-9H. The third-order valence-electron chi connectivity index (χ3n) is 2.52. The third kappa shape index (κ3) is 3.42. The molecule has 0 aromatic heterocycles. The van der Waals surface area contributed by atoms with Crippen LogP contribution in [0.25, 0.3) is 0 Å². The second-order valence-corrected chi connectivity index (χ2v) is 5.53. The van der Waals surface area contributed by atoms with Crippen molar-refractivity contribution in [2.75, 3.05) is 0 Å². The van der Waals surface area contributed by atoms with Crippen LogP contribution in [0.4, 0.5) is 5.69 Å². The fraction of sp³-hybridized carbons (Fsp3) is 0. The molecule has 0 fully saturated rings. The van der Waals surface area contributed by atoms with Crippen molar-refractivity contribution in [2.45, 2.75) is 4.90 Å². The van der Waals surface area contributed by atoms with Gasteiger partial charge in [0.05, 0.1) is 4.92 Å². The summed E-state index contributed by atoms with van der Waals surface area (Å²) in [6.07, 6.45) is 0.548. The summed E-state index contributed by atoms with van der Waals surface area (Å²) in [5.41, 5.74) is -0.108. The Hall–Kier alpha value is -2.74. The number of benzene rings is 2. The van der Waals surface area contributed by atoms with Crippen LogP contribution >= 0.6 is 0 Å². The maximum Gasteiger partial charge on any atom is 0.339 e. The summed E-state index contributed by atoms with van der Waals surface area (Å²) in [7, 11) is -4.21. The van der Waals surface area contributed by atoms with Gasteiger partial charge in [0.25, 0.3) is 5.69 Å². The lowest BCUT2D eigenvalue weighted by molar-refractivity contribution is -0.385. The van der Waals surface area contributed by atoms with Gasteiger partial charge in [-0.25, -0.2) is 0 Å². The quantitative estimate of drug-likeness (QED) is 0.363. The van der Waals surface area contributed by atoms with E-state index in [-0.39, 0.29) is 21.9 Å². The molecular weight excluding hydrogens is 298 g/mol. The summed E-state index contributed by atoms with van der Waals surface area (Å²) in [4.78, 5) is 20.2. The number of nitro benzene ring substituents is 1. The topological polar surface area (TPSA) is 104 Å². The van der Waals surface area contributed by atoms with Crippen LogP contribution in [-0.2, 0) is 10.1 Å². The zero-order valence-electron chi connectivity index (χ0n) is 10.5. The Labute approximate surface area is 120 Å². The molecule has 0 saturated heterocycles. The molecule has 0 aliphatic heterocycles. The van der Waals surface area contributed by atoms with Crippen LogP contribution in [-0.4, -0.2) is 19.6 Å². The van der Waals surface area contributed by atoms with E-state index in [2.05, 4.69) is 0 Å². The lowest BCUT2D eigenvalue weighted by Crippen LogP contribution is -2.10. The van der Waals surface area contributed by atoms with Gasteiger partial charge in [0.15, 0.2) is 0 Å². The van der Waals surface area contributed by atoms with Crippen LogP contribution in [0.1, 0.15) is 10.4 Å². The zero-order valence-corrected chi connectivity index (χ0v) is 11.3. The fourth-order valence-electron chi connectivity index (χ4n) is 1.57. The summed E-state index contributed by atoms with van der Waals surface area (Å²) in [5.74, 6) is -0.0499. The molecule has 2 rings (SSSR count). The van der Waals surface area contributed by atoms with Crippen LogP contribution in [0, 0.1) is 10.1 Å². The summed E-state index contributed by atoms with van der Waals surface area (Å²) in [6.45, 7) is 0. The number of aldehydes is 1. The van der Waals surface area contributed by atoms with Gasteiger partial charge in [0.1, 0.15) is 16.9 Å². The molecular formula is C13H9NO6S. The first-order valence-electron chi connectivity index (χ1n) is 5.66. The average molecular weight is 307 g/mol. The molecule has 21 heavy (non-hydrogen) atoms. The van der Waals surface area contributed by atoms with Crippen LogP contribution in [0.5, 0.6) is 5.75 Å². The summed E-state index contributed by atoms with van der Waals surface area (Å²) in [6, 6.07) is 10.1. The molecule has 0 aliphatic rings. The minimum absolute atomic E-state index is 0.0499. The number of carbonyl (C=O) groups excluding carboxylic acids is 1. The van der Waals surface area contributed by atoms with Crippen LogP contribution in [0.15, 0.2) is 53.4 Å². The number of hydrogen-bond acceptors (Lipinski definition) is 6. The van der Waals surface area contributed by atoms with Crippen molar-refractivity contribution in [3.05, 3.63) is 64.2 Å². The Morgan fingerprint density at radius 3 is 2.48 bits per heavy atom. The molecule has 0 saturated carbocycles. The van der Waals surface area contributed by atoms with Crippen molar-refractivity contribution < 1.29 is 22.3 Å². The Morgan fingerprint density at radius 2 is 1.81 bits per heavy atom. The second-order valence-electron chi connectivity index (χ2n) is 3.98. The van der Waals surface area contributed by atoms with E-state index in [1.165, 1.54) is 42.5 Å². The Morgan fingerprint density at radius 1 is 1.10 bits per heavy atom. The normalized spacial score (nSPS) is 10.9. The van der Waals surface area contributed by atoms with E-state index >= 15 is 0 Å². The molecule has 0 radical (unpaired) electrons. The lowest BCUT2D eigenvalue weighted by Gasteiger charge is -2.07. The van der Waals surface area contributed by atoms with Crippen molar-refractivity contribution in [1.29, 1.82) is 0 Å². The molecule has 0 spiro atoms. The maximum atomic E-state index is 12.0. The van der Waals surface area contributed by atoms with E-state index in [0.717, 1.165) is 6.07 Å². The highest BCUT2D eigenvalue weighted by atomic mass is 32.2. The number of nitrogens with zero attached hydrogens (tertiary/aromatic N) is 1.